The molecule has 0 bridgehead atoms. The standard InChI is InChI=1S/C20H16ClFN2O3/c21-4-3-13-17(10-1-2-11-7-23-8-12(11)5-10)16(22)6-14-18(13)24-9-15(19(14)25)20(26)27/h1-2,5-6,9,23H,3-4,7-8H2,(H,24,25)(H,26,27). The number of fused-ring (bicyclic) bond motifs is 2. The van der Waals surface area contributed by atoms with E-state index < -0.39 is 22.8 Å². The van der Waals surface area contributed by atoms with Crippen LogP contribution in [0, 0.1) is 5.82 Å². The molecule has 0 saturated heterocycles. The number of H-pyrrole nitrogens is 1. The lowest BCUT2D eigenvalue weighted by Gasteiger charge is -2.15. The molecule has 0 atom stereocenters. The van der Waals surface area contributed by atoms with Crippen LogP contribution in [0.4, 0.5) is 4.39 Å². The Morgan fingerprint density at radius 2 is 2.00 bits per heavy atom. The van der Waals surface area contributed by atoms with Crippen molar-refractivity contribution in [2.24, 2.45) is 0 Å². The van der Waals surface area contributed by atoms with E-state index in [1.807, 2.05) is 18.2 Å². The summed E-state index contributed by atoms with van der Waals surface area (Å²) in [5.74, 6) is -1.69. The highest BCUT2D eigenvalue weighted by Gasteiger charge is 2.21. The molecule has 0 saturated carbocycles. The maximum absolute atomic E-state index is 15.1. The van der Waals surface area contributed by atoms with Gasteiger partial charge in [-0.3, -0.25) is 4.79 Å². The maximum Gasteiger partial charge on any atom is 0.341 e. The molecule has 0 radical (unpaired) electrons. The molecule has 138 valence electrons. The lowest BCUT2D eigenvalue weighted by Crippen LogP contribution is -2.16. The smallest absolute Gasteiger partial charge is 0.341 e. The van der Waals surface area contributed by atoms with E-state index in [2.05, 4.69) is 10.3 Å². The zero-order valence-corrected chi connectivity index (χ0v) is 15.0. The average molecular weight is 387 g/mol. The van der Waals surface area contributed by atoms with Gasteiger partial charge in [0.1, 0.15) is 11.4 Å². The van der Waals surface area contributed by atoms with Gasteiger partial charge in [0.05, 0.1) is 5.52 Å². The average Bonchev–Trinajstić information content (AvgIpc) is 3.10. The molecule has 2 heterocycles. The number of hydrogen-bond donors (Lipinski definition) is 3. The van der Waals surface area contributed by atoms with Gasteiger partial charge in [0.25, 0.3) is 0 Å². The van der Waals surface area contributed by atoms with E-state index in [1.165, 1.54) is 5.56 Å². The van der Waals surface area contributed by atoms with Crippen molar-refractivity contribution in [3.8, 4) is 11.1 Å². The van der Waals surface area contributed by atoms with Crippen LogP contribution in [0.3, 0.4) is 0 Å². The predicted octanol–water partition coefficient (Wildman–Crippen LogP) is 3.42. The topological polar surface area (TPSA) is 82.2 Å². The van der Waals surface area contributed by atoms with Crippen molar-refractivity contribution in [2.45, 2.75) is 19.5 Å². The number of aromatic nitrogens is 1. The first-order chi connectivity index (χ1) is 13.0. The van der Waals surface area contributed by atoms with Crippen molar-refractivity contribution in [1.29, 1.82) is 0 Å². The van der Waals surface area contributed by atoms with Crippen LogP contribution < -0.4 is 10.7 Å². The highest BCUT2D eigenvalue weighted by atomic mass is 35.5. The third-order valence-electron chi connectivity index (χ3n) is 4.93. The van der Waals surface area contributed by atoms with Gasteiger partial charge in [-0.15, -0.1) is 11.6 Å². The number of carboxylic acids is 1. The summed E-state index contributed by atoms with van der Waals surface area (Å²) in [7, 11) is 0. The van der Waals surface area contributed by atoms with Crippen LogP contribution in [0.15, 0.2) is 35.3 Å². The Labute approximate surface area is 158 Å². The minimum Gasteiger partial charge on any atom is -0.477 e. The molecule has 3 aromatic rings. The molecule has 0 spiro atoms. The fourth-order valence-electron chi connectivity index (χ4n) is 3.67. The van der Waals surface area contributed by atoms with Gasteiger partial charge in [-0.1, -0.05) is 12.1 Å². The number of alkyl halides is 1. The first-order valence-electron chi connectivity index (χ1n) is 8.50. The SMILES string of the molecule is O=C(O)c1c[nH]c2c(CCCl)c(-c3ccc4c(c3)CNC4)c(F)cc2c1=O. The Hall–Kier alpha value is -2.70. The Balaban J connectivity index is 2.02. The molecule has 1 aliphatic heterocycles. The van der Waals surface area contributed by atoms with E-state index in [1.54, 1.807) is 0 Å². The second-order valence-corrected chi connectivity index (χ2v) is 6.88. The van der Waals surface area contributed by atoms with E-state index in [0.717, 1.165) is 30.9 Å². The summed E-state index contributed by atoms with van der Waals surface area (Å²) in [4.78, 5) is 26.6. The highest BCUT2D eigenvalue weighted by Crippen LogP contribution is 2.34. The van der Waals surface area contributed by atoms with E-state index in [4.69, 9.17) is 16.7 Å². The zero-order valence-electron chi connectivity index (χ0n) is 14.2. The molecular weight excluding hydrogens is 371 g/mol. The van der Waals surface area contributed by atoms with Crippen molar-refractivity contribution in [3.63, 3.8) is 0 Å². The number of aromatic amines is 1. The molecule has 27 heavy (non-hydrogen) atoms. The van der Waals surface area contributed by atoms with Crippen LogP contribution in [0.25, 0.3) is 22.0 Å². The third kappa shape index (κ3) is 2.91. The molecule has 0 unspecified atom stereocenters. The van der Waals surface area contributed by atoms with Gasteiger partial charge < -0.3 is 15.4 Å². The van der Waals surface area contributed by atoms with Gasteiger partial charge in [0.15, 0.2) is 0 Å². The summed E-state index contributed by atoms with van der Waals surface area (Å²) >= 11 is 5.94. The van der Waals surface area contributed by atoms with Crippen LogP contribution in [0.5, 0.6) is 0 Å². The lowest BCUT2D eigenvalue weighted by atomic mass is 9.92. The fraction of sp³-hybridized carbons (Fsp3) is 0.200. The number of carboxylic acid groups (broad SMARTS) is 1. The number of pyridine rings is 1. The minimum atomic E-state index is -1.35. The lowest BCUT2D eigenvalue weighted by molar-refractivity contribution is 0.0695. The summed E-state index contributed by atoms with van der Waals surface area (Å²) in [5.41, 5.74) is 3.24. The molecule has 7 heteroatoms. The van der Waals surface area contributed by atoms with Crippen molar-refractivity contribution in [2.75, 3.05) is 5.88 Å². The van der Waals surface area contributed by atoms with Crippen molar-refractivity contribution < 1.29 is 14.3 Å². The van der Waals surface area contributed by atoms with Crippen LogP contribution >= 0.6 is 11.6 Å². The van der Waals surface area contributed by atoms with Crippen molar-refractivity contribution >= 4 is 28.5 Å². The molecule has 0 fully saturated rings. The van der Waals surface area contributed by atoms with E-state index >= 15 is 4.39 Å². The number of aromatic carboxylic acids is 1. The van der Waals surface area contributed by atoms with Gasteiger partial charge >= 0.3 is 5.97 Å². The van der Waals surface area contributed by atoms with Gasteiger partial charge in [0.2, 0.25) is 5.43 Å². The number of hydrogen-bond acceptors (Lipinski definition) is 3. The molecule has 5 nitrogen and oxygen atoms in total. The molecule has 0 amide bonds. The molecule has 2 aromatic carbocycles. The summed E-state index contributed by atoms with van der Waals surface area (Å²) in [6.45, 7) is 1.51. The summed E-state index contributed by atoms with van der Waals surface area (Å²) in [6.07, 6.45) is 1.49. The van der Waals surface area contributed by atoms with Gasteiger partial charge in [-0.25, -0.2) is 9.18 Å². The molecule has 1 aliphatic rings. The number of rotatable bonds is 4. The fourth-order valence-corrected chi connectivity index (χ4v) is 3.86. The second-order valence-electron chi connectivity index (χ2n) is 6.50. The number of benzene rings is 2. The Morgan fingerprint density at radius 1 is 1.22 bits per heavy atom. The quantitative estimate of drug-likeness (QED) is 0.600. The van der Waals surface area contributed by atoms with E-state index in [0.29, 0.717) is 28.6 Å². The van der Waals surface area contributed by atoms with Gasteiger partial charge in [-0.05, 0) is 40.8 Å². The Bertz CT molecular complexity index is 1140. The van der Waals surface area contributed by atoms with Crippen LogP contribution in [0.1, 0.15) is 27.0 Å². The van der Waals surface area contributed by atoms with Gasteiger partial charge in [0, 0.05) is 36.1 Å². The van der Waals surface area contributed by atoms with Crippen molar-refractivity contribution in [3.05, 3.63) is 68.8 Å². The predicted molar refractivity (Wildman–Crippen MR) is 102 cm³/mol. The van der Waals surface area contributed by atoms with Crippen LogP contribution in [-0.2, 0) is 19.5 Å². The molecule has 3 N–H and O–H groups in total. The first-order valence-corrected chi connectivity index (χ1v) is 9.03. The summed E-state index contributed by atoms with van der Waals surface area (Å²) in [6, 6.07) is 6.88. The molecule has 4 rings (SSSR count). The molecular formula is C20H16ClFN2O3. The highest BCUT2D eigenvalue weighted by molar-refractivity contribution is 6.18. The summed E-state index contributed by atoms with van der Waals surface area (Å²) < 4.78 is 15.1. The molecule has 0 aliphatic carbocycles. The largest absolute Gasteiger partial charge is 0.477 e. The Morgan fingerprint density at radius 3 is 2.74 bits per heavy atom. The van der Waals surface area contributed by atoms with Crippen LogP contribution in [-0.4, -0.2) is 21.9 Å². The van der Waals surface area contributed by atoms with Crippen molar-refractivity contribution in [1.82, 2.24) is 10.3 Å². The zero-order chi connectivity index (χ0) is 19.1. The number of nitrogens with one attached hydrogen (secondary N) is 2. The number of carbonyl (C=O) groups is 1. The summed E-state index contributed by atoms with van der Waals surface area (Å²) in [5, 5.41) is 12.4. The van der Waals surface area contributed by atoms with E-state index in [-0.39, 0.29) is 11.3 Å². The third-order valence-corrected chi connectivity index (χ3v) is 5.12. The first kappa shape index (κ1) is 17.7. The number of halogens is 2. The van der Waals surface area contributed by atoms with E-state index in [9.17, 15) is 9.59 Å². The monoisotopic (exact) mass is 386 g/mol. The number of aryl methyl sites for hydroxylation is 1. The Kier molecular flexibility index (Phi) is 4.45. The second kappa shape index (κ2) is 6.79. The minimum absolute atomic E-state index is 0.0130. The van der Waals surface area contributed by atoms with Crippen LogP contribution in [0.2, 0.25) is 0 Å². The maximum atomic E-state index is 15.1. The molecule has 1 aromatic heterocycles. The normalized spacial score (nSPS) is 13.1. The van der Waals surface area contributed by atoms with Gasteiger partial charge in [-0.2, -0.15) is 0 Å².